The second kappa shape index (κ2) is 6.83. The van der Waals surface area contributed by atoms with Gasteiger partial charge in [-0.2, -0.15) is 0 Å². The Balaban J connectivity index is 1.61. The zero-order valence-corrected chi connectivity index (χ0v) is 14.1. The summed E-state index contributed by atoms with van der Waals surface area (Å²) in [4.78, 5) is 2.40. The van der Waals surface area contributed by atoms with Gasteiger partial charge < -0.3 is 19.7 Å². The van der Waals surface area contributed by atoms with Crippen LogP contribution in [0, 0.1) is 0 Å². The van der Waals surface area contributed by atoms with E-state index in [1.165, 1.54) is 24.0 Å². The predicted octanol–water partition coefficient (Wildman–Crippen LogP) is 3.19. The molecule has 1 atom stereocenters. The average molecular weight is 324 g/mol. The van der Waals surface area contributed by atoms with Crippen molar-refractivity contribution in [2.45, 2.75) is 24.9 Å². The highest BCUT2D eigenvalue weighted by molar-refractivity contribution is 5.47. The van der Waals surface area contributed by atoms with Gasteiger partial charge in [-0.3, -0.25) is 0 Å². The molecular weight excluding hydrogens is 300 g/mol. The van der Waals surface area contributed by atoms with Crippen LogP contribution in [0.15, 0.2) is 48.5 Å². The van der Waals surface area contributed by atoms with E-state index in [0.717, 1.165) is 24.6 Å². The monoisotopic (exact) mass is 324 g/mol. The summed E-state index contributed by atoms with van der Waals surface area (Å²) in [5.74, 6) is 1.68. The van der Waals surface area contributed by atoms with E-state index in [2.05, 4.69) is 59.7 Å². The minimum Gasteiger partial charge on any atom is -0.454 e. The highest BCUT2D eigenvalue weighted by Crippen LogP contribution is 2.36. The highest BCUT2D eigenvalue weighted by Gasteiger charge is 2.24. The fourth-order valence-electron chi connectivity index (χ4n) is 3.53. The number of piperidine rings is 1. The van der Waals surface area contributed by atoms with Gasteiger partial charge in [-0.05, 0) is 56.2 Å². The van der Waals surface area contributed by atoms with Crippen LogP contribution >= 0.6 is 0 Å². The number of fused-ring (bicyclic) bond motifs is 1. The van der Waals surface area contributed by atoms with E-state index in [-0.39, 0.29) is 6.04 Å². The van der Waals surface area contributed by atoms with E-state index in [9.17, 15) is 0 Å². The number of hydrogen-bond donors (Lipinski definition) is 1. The Kier molecular flexibility index (Phi) is 4.41. The molecule has 0 unspecified atom stereocenters. The number of ether oxygens (including phenoxy) is 2. The molecule has 2 aliphatic rings. The van der Waals surface area contributed by atoms with Gasteiger partial charge in [0.1, 0.15) is 0 Å². The first-order valence-corrected chi connectivity index (χ1v) is 8.69. The Morgan fingerprint density at radius 1 is 0.958 bits per heavy atom. The number of benzene rings is 2. The quantitative estimate of drug-likeness (QED) is 0.936. The van der Waals surface area contributed by atoms with Gasteiger partial charge >= 0.3 is 0 Å². The fourth-order valence-corrected chi connectivity index (χ4v) is 3.53. The summed E-state index contributed by atoms with van der Waals surface area (Å²) in [5, 5.41) is 3.88. The van der Waals surface area contributed by atoms with Crippen molar-refractivity contribution in [3.63, 3.8) is 0 Å². The predicted molar refractivity (Wildman–Crippen MR) is 94.5 cm³/mol. The first kappa shape index (κ1) is 15.5. The lowest BCUT2D eigenvalue weighted by Crippen LogP contribution is -2.42. The van der Waals surface area contributed by atoms with Gasteiger partial charge in [0.15, 0.2) is 11.5 Å². The van der Waals surface area contributed by atoms with Crippen molar-refractivity contribution in [3.05, 3.63) is 59.7 Å². The third-order valence-electron chi connectivity index (χ3n) is 4.98. The molecule has 1 saturated heterocycles. The molecule has 4 nitrogen and oxygen atoms in total. The molecule has 4 rings (SSSR count). The molecule has 0 radical (unpaired) electrons. The first-order chi connectivity index (χ1) is 11.8. The topological polar surface area (TPSA) is 33.7 Å². The summed E-state index contributed by atoms with van der Waals surface area (Å²) in [5.41, 5.74) is 2.51. The van der Waals surface area contributed by atoms with Crippen LogP contribution in [0.2, 0.25) is 0 Å². The van der Waals surface area contributed by atoms with Crippen LogP contribution < -0.4 is 14.8 Å². The lowest BCUT2D eigenvalue weighted by Gasteiger charge is -2.33. The summed E-state index contributed by atoms with van der Waals surface area (Å²) < 4.78 is 11.0. The zero-order chi connectivity index (χ0) is 16.4. The molecule has 1 fully saturated rings. The van der Waals surface area contributed by atoms with Crippen molar-refractivity contribution in [2.75, 3.05) is 26.9 Å². The Hall–Kier alpha value is -2.04. The number of hydrogen-bond acceptors (Lipinski definition) is 4. The molecule has 126 valence electrons. The minimum absolute atomic E-state index is 0.175. The van der Waals surface area contributed by atoms with Crippen LogP contribution in [0.1, 0.15) is 30.0 Å². The smallest absolute Gasteiger partial charge is 0.231 e. The van der Waals surface area contributed by atoms with Crippen molar-refractivity contribution in [1.29, 1.82) is 0 Å². The Morgan fingerprint density at radius 3 is 2.50 bits per heavy atom. The van der Waals surface area contributed by atoms with E-state index in [1.54, 1.807) is 0 Å². The van der Waals surface area contributed by atoms with Crippen molar-refractivity contribution >= 4 is 0 Å². The van der Waals surface area contributed by atoms with Crippen molar-refractivity contribution in [3.8, 4) is 11.5 Å². The number of likely N-dealkylation sites (tertiary alicyclic amines) is 1. The molecule has 0 aliphatic carbocycles. The van der Waals surface area contributed by atoms with Gasteiger partial charge in [0, 0.05) is 6.04 Å². The Bertz CT molecular complexity index is 681. The van der Waals surface area contributed by atoms with Crippen LogP contribution in [-0.4, -0.2) is 37.9 Å². The third-order valence-corrected chi connectivity index (χ3v) is 4.98. The third kappa shape index (κ3) is 3.25. The average Bonchev–Trinajstić information content (AvgIpc) is 3.09. The molecule has 24 heavy (non-hydrogen) atoms. The number of nitrogens with one attached hydrogen (secondary N) is 1. The summed E-state index contributed by atoms with van der Waals surface area (Å²) in [6, 6.07) is 17.6. The summed E-state index contributed by atoms with van der Waals surface area (Å²) in [7, 11) is 2.20. The second-order valence-corrected chi connectivity index (χ2v) is 6.70. The maximum atomic E-state index is 5.57. The molecule has 4 heteroatoms. The van der Waals surface area contributed by atoms with E-state index in [1.807, 2.05) is 6.07 Å². The molecule has 2 aromatic rings. The largest absolute Gasteiger partial charge is 0.454 e. The lowest BCUT2D eigenvalue weighted by atomic mass is 9.95. The van der Waals surface area contributed by atoms with Crippen LogP contribution in [0.25, 0.3) is 0 Å². The van der Waals surface area contributed by atoms with E-state index < -0.39 is 0 Å². The van der Waals surface area contributed by atoms with E-state index >= 15 is 0 Å². The summed E-state index contributed by atoms with van der Waals surface area (Å²) in [6.45, 7) is 2.62. The SMILES string of the molecule is CN1CCC(N[C@@H](c2ccccc2)c2ccc3c(c2)OCO3)CC1. The van der Waals surface area contributed by atoms with Gasteiger partial charge in [0.05, 0.1) is 6.04 Å². The molecule has 2 aromatic carbocycles. The number of nitrogens with zero attached hydrogens (tertiary/aromatic N) is 1. The number of rotatable bonds is 4. The molecule has 0 amide bonds. The normalized spacial score (nSPS) is 19.4. The lowest BCUT2D eigenvalue weighted by molar-refractivity contribution is 0.174. The molecule has 0 saturated carbocycles. The summed E-state index contributed by atoms with van der Waals surface area (Å²) >= 11 is 0. The van der Waals surface area contributed by atoms with Crippen LogP contribution in [0.5, 0.6) is 11.5 Å². The van der Waals surface area contributed by atoms with Crippen molar-refractivity contribution in [1.82, 2.24) is 10.2 Å². The van der Waals surface area contributed by atoms with Crippen LogP contribution in [-0.2, 0) is 0 Å². The van der Waals surface area contributed by atoms with Crippen molar-refractivity contribution in [2.24, 2.45) is 0 Å². The van der Waals surface area contributed by atoms with Gasteiger partial charge in [0.25, 0.3) is 0 Å². The molecule has 0 aromatic heterocycles. The maximum Gasteiger partial charge on any atom is 0.231 e. The zero-order valence-electron chi connectivity index (χ0n) is 14.1. The van der Waals surface area contributed by atoms with Crippen molar-refractivity contribution < 1.29 is 9.47 Å². The van der Waals surface area contributed by atoms with Crippen LogP contribution in [0.4, 0.5) is 0 Å². The van der Waals surface area contributed by atoms with Gasteiger partial charge in [-0.15, -0.1) is 0 Å². The maximum absolute atomic E-state index is 5.57. The molecule has 0 spiro atoms. The second-order valence-electron chi connectivity index (χ2n) is 6.70. The summed E-state index contributed by atoms with van der Waals surface area (Å²) in [6.07, 6.45) is 2.37. The molecule has 2 aliphatic heterocycles. The van der Waals surface area contributed by atoms with Crippen LogP contribution in [0.3, 0.4) is 0 Å². The molecular formula is C20H24N2O2. The molecule has 2 heterocycles. The van der Waals surface area contributed by atoms with Gasteiger partial charge in [0.2, 0.25) is 6.79 Å². The highest BCUT2D eigenvalue weighted by atomic mass is 16.7. The Morgan fingerprint density at radius 2 is 1.71 bits per heavy atom. The van der Waals surface area contributed by atoms with Gasteiger partial charge in [-0.1, -0.05) is 36.4 Å². The molecule has 1 N–H and O–H groups in total. The first-order valence-electron chi connectivity index (χ1n) is 8.69. The standard InChI is InChI=1S/C20H24N2O2/c1-22-11-9-17(10-12-22)21-20(15-5-3-2-4-6-15)16-7-8-18-19(13-16)24-14-23-18/h2-8,13,17,20-21H,9-12,14H2,1H3/t20-/m0/s1. The van der Waals surface area contributed by atoms with E-state index in [4.69, 9.17) is 9.47 Å². The van der Waals surface area contributed by atoms with E-state index in [0.29, 0.717) is 12.8 Å². The fraction of sp³-hybridized carbons (Fsp3) is 0.400. The Labute approximate surface area is 143 Å². The molecule has 0 bridgehead atoms. The minimum atomic E-state index is 0.175. The van der Waals surface area contributed by atoms with Gasteiger partial charge in [-0.25, -0.2) is 0 Å².